The molecule has 0 aliphatic carbocycles. The van der Waals surface area contributed by atoms with Gasteiger partial charge >= 0.3 is 0 Å². The quantitative estimate of drug-likeness (QED) is 0.698. The van der Waals surface area contributed by atoms with Crippen LogP contribution in [-0.4, -0.2) is 64.6 Å². The highest BCUT2D eigenvalue weighted by atomic mass is 32.2. The Morgan fingerprint density at radius 2 is 2.11 bits per heavy atom. The van der Waals surface area contributed by atoms with E-state index in [0.717, 1.165) is 17.4 Å². The van der Waals surface area contributed by atoms with Crippen molar-refractivity contribution in [3.8, 4) is 0 Å². The molecule has 0 saturated carbocycles. The van der Waals surface area contributed by atoms with Gasteiger partial charge in [0.2, 0.25) is 5.91 Å². The molecule has 2 heterocycles. The van der Waals surface area contributed by atoms with Crippen LogP contribution >= 0.6 is 24.0 Å². The maximum atomic E-state index is 11.8. The van der Waals surface area contributed by atoms with E-state index < -0.39 is 0 Å². The second-order valence-corrected chi connectivity index (χ2v) is 5.59. The standard InChI is InChI=1S/C10H15N3O3S2/c14-8-1-2-13(11-8)9(15)7-18-10(17)12-3-5-16-6-4-12/h1-7H2,(H,11,14). The van der Waals surface area contributed by atoms with Gasteiger partial charge in [0, 0.05) is 19.5 Å². The Bertz CT molecular complexity index is 358. The summed E-state index contributed by atoms with van der Waals surface area (Å²) in [6, 6.07) is 0. The second-order valence-electron chi connectivity index (χ2n) is 3.98. The molecule has 8 heteroatoms. The summed E-state index contributed by atoms with van der Waals surface area (Å²) in [5, 5.41) is 1.36. The summed E-state index contributed by atoms with van der Waals surface area (Å²) in [7, 11) is 0. The molecule has 100 valence electrons. The fraction of sp³-hybridized carbons (Fsp3) is 0.700. The van der Waals surface area contributed by atoms with Crippen molar-refractivity contribution in [2.45, 2.75) is 6.42 Å². The van der Waals surface area contributed by atoms with E-state index in [1.807, 2.05) is 4.90 Å². The van der Waals surface area contributed by atoms with Gasteiger partial charge in [-0.3, -0.25) is 20.0 Å². The van der Waals surface area contributed by atoms with Gasteiger partial charge in [-0.15, -0.1) is 0 Å². The van der Waals surface area contributed by atoms with Crippen molar-refractivity contribution in [2.24, 2.45) is 0 Å². The largest absolute Gasteiger partial charge is 0.378 e. The smallest absolute Gasteiger partial charge is 0.251 e. The Labute approximate surface area is 115 Å². The first-order valence-electron chi connectivity index (χ1n) is 5.76. The third-order valence-corrected chi connectivity index (χ3v) is 4.22. The van der Waals surface area contributed by atoms with E-state index in [2.05, 4.69) is 5.43 Å². The Hall–Kier alpha value is -0.860. The van der Waals surface area contributed by atoms with Crippen LogP contribution < -0.4 is 5.43 Å². The van der Waals surface area contributed by atoms with Crippen LogP contribution in [0.2, 0.25) is 0 Å². The molecule has 0 spiro atoms. The molecular weight excluding hydrogens is 274 g/mol. The van der Waals surface area contributed by atoms with Crippen molar-refractivity contribution in [2.75, 3.05) is 38.6 Å². The maximum absolute atomic E-state index is 11.8. The lowest BCUT2D eigenvalue weighted by atomic mass is 10.4. The molecule has 2 aliphatic rings. The van der Waals surface area contributed by atoms with Gasteiger partial charge in [-0.05, 0) is 0 Å². The highest BCUT2D eigenvalue weighted by Gasteiger charge is 2.24. The van der Waals surface area contributed by atoms with E-state index in [-0.39, 0.29) is 17.6 Å². The third-order valence-electron chi connectivity index (χ3n) is 2.71. The maximum Gasteiger partial charge on any atom is 0.251 e. The second kappa shape index (κ2) is 6.35. The van der Waals surface area contributed by atoms with Gasteiger partial charge in [0.05, 0.1) is 25.5 Å². The molecule has 0 aromatic carbocycles. The van der Waals surface area contributed by atoms with E-state index >= 15 is 0 Å². The highest BCUT2D eigenvalue weighted by molar-refractivity contribution is 8.23. The molecule has 0 bridgehead atoms. The number of hydrazine groups is 1. The molecule has 0 atom stereocenters. The van der Waals surface area contributed by atoms with Gasteiger partial charge in [-0.2, -0.15) is 0 Å². The lowest BCUT2D eigenvalue weighted by Gasteiger charge is -2.28. The van der Waals surface area contributed by atoms with Gasteiger partial charge < -0.3 is 9.64 Å². The number of thioether (sulfide) groups is 1. The van der Waals surface area contributed by atoms with E-state index in [9.17, 15) is 9.59 Å². The van der Waals surface area contributed by atoms with Crippen molar-refractivity contribution in [3.05, 3.63) is 0 Å². The first kappa shape index (κ1) is 13.6. The summed E-state index contributed by atoms with van der Waals surface area (Å²) in [6.45, 7) is 3.36. The summed E-state index contributed by atoms with van der Waals surface area (Å²) < 4.78 is 5.95. The molecule has 0 radical (unpaired) electrons. The molecule has 18 heavy (non-hydrogen) atoms. The van der Waals surface area contributed by atoms with Crippen molar-refractivity contribution >= 4 is 40.1 Å². The summed E-state index contributed by atoms with van der Waals surface area (Å²) in [4.78, 5) is 24.8. The fourth-order valence-corrected chi connectivity index (χ4v) is 2.83. The SMILES string of the molecule is O=C1CCN(C(=O)CSC(=S)N2CCOCC2)N1. The molecule has 2 saturated heterocycles. The van der Waals surface area contributed by atoms with Gasteiger partial charge in [-0.25, -0.2) is 0 Å². The summed E-state index contributed by atoms with van der Waals surface area (Å²) in [5.41, 5.74) is 2.51. The van der Waals surface area contributed by atoms with Crippen LogP contribution in [0.4, 0.5) is 0 Å². The Balaban J connectivity index is 1.71. The summed E-state index contributed by atoms with van der Waals surface area (Å²) >= 11 is 6.60. The van der Waals surface area contributed by atoms with Crippen molar-refractivity contribution in [1.82, 2.24) is 15.3 Å². The van der Waals surface area contributed by atoms with Gasteiger partial charge in [-0.1, -0.05) is 24.0 Å². The predicted molar refractivity (Wildman–Crippen MR) is 71.9 cm³/mol. The van der Waals surface area contributed by atoms with Crippen LogP contribution in [0.3, 0.4) is 0 Å². The molecular formula is C10H15N3O3S2. The number of morpholine rings is 1. The lowest BCUT2D eigenvalue weighted by molar-refractivity contribution is -0.133. The summed E-state index contributed by atoms with van der Waals surface area (Å²) in [6.07, 6.45) is 0.379. The molecule has 2 aliphatic heterocycles. The highest BCUT2D eigenvalue weighted by Crippen LogP contribution is 2.13. The minimum absolute atomic E-state index is 0.107. The zero-order valence-corrected chi connectivity index (χ0v) is 11.5. The van der Waals surface area contributed by atoms with E-state index in [4.69, 9.17) is 17.0 Å². The number of nitrogens with one attached hydrogen (secondary N) is 1. The average molecular weight is 289 g/mol. The van der Waals surface area contributed by atoms with Crippen LogP contribution in [0.25, 0.3) is 0 Å². The van der Waals surface area contributed by atoms with Crippen LogP contribution in [0.5, 0.6) is 0 Å². The van der Waals surface area contributed by atoms with Gasteiger partial charge in [0.25, 0.3) is 5.91 Å². The molecule has 2 amide bonds. The van der Waals surface area contributed by atoms with E-state index in [0.29, 0.717) is 26.2 Å². The number of hydrogen-bond acceptors (Lipinski definition) is 5. The number of rotatable bonds is 2. The molecule has 0 aromatic heterocycles. The van der Waals surface area contributed by atoms with Crippen molar-refractivity contribution in [1.29, 1.82) is 0 Å². The minimum atomic E-state index is -0.110. The molecule has 6 nitrogen and oxygen atoms in total. The number of carbonyl (C=O) groups is 2. The van der Waals surface area contributed by atoms with Gasteiger partial charge in [0.1, 0.15) is 4.32 Å². The molecule has 0 unspecified atom stereocenters. The number of hydrogen-bond donors (Lipinski definition) is 1. The average Bonchev–Trinajstić information content (AvgIpc) is 2.83. The first-order chi connectivity index (χ1) is 8.66. The minimum Gasteiger partial charge on any atom is -0.378 e. The first-order valence-corrected chi connectivity index (χ1v) is 7.15. The normalized spacial score (nSPS) is 19.9. The number of carbonyl (C=O) groups excluding carboxylic acids is 2. The zero-order valence-electron chi connectivity index (χ0n) is 9.89. The zero-order chi connectivity index (χ0) is 13.0. The van der Waals surface area contributed by atoms with Crippen LogP contribution in [0, 0.1) is 0 Å². The molecule has 1 N–H and O–H groups in total. The van der Waals surface area contributed by atoms with E-state index in [1.165, 1.54) is 16.8 Å². The number of amides is 2. The van der Waals surface area contributed by atoms with Gasteiger partial charge in [0.15, 0.2) is 0 Å². The van der Waals surface area contributed by atoms with Crippen molar-refractivity contribution < 1.29 is 14.3 Å². The molecule has 0 aromatic rings. The third kappa shape index (κ3) is 3.56. The van der Waals surface area contributed by atoms with Crippen LogP contribution in [0.15, 0.2) is 0 Å². The van der Waals surface area contributed by atoms with Crippen LogP contribution in [0.1, 0.15) is 6.42 Å². The number of thiocarbonyl (C=S) groups is 1. The Morgan fingerprint density at radius 1 is 1.39 bits per heavy atom. The van der Waals surface area contributed by atoms with Crippen LogP contribution in [-0.2, 0) is 14.3 Å². The lowest BCUT2D eigenvalue weighted by Crippen LogP contribution is -2.41. The van der Waals surface area contributed by atoms with Crippen molar-refractivity contribution in [3.63, 3.8) is 0 Å². The monoisotopic (exact) mass is 289 g/mol. The topological polar surface area (TPSA) is 61.9 Å². The Morgan fingerprint density at radius 3 is 2.72 bits per heavy atom. The summed E-state index contributed by atoms with van der Waals surface area (Å²) in [5.74, 6) is 0.0433. The molecule has 2 fully saturated rings. The number of nitrogens with zero attached hydrogens (tertiary/aromatic N) is 2. The number of ether oxygens (including phenoxy) is 1. The Kier molecular flexibility index (Phi) is 4.79. The molecule has 2 rings (SSSR count). The fourth-order valence-electron chi connectivity index (χ4n) is 1.70. The predicted octanol–water partition coefficient (Wildman–Crippen LogP) is -0.400. The van der Waals surface area contributed by atoms with E-state index in [1.54, 1.807) is 0 Å².